The number of carbonyl (C=O) groups excluding carboxylic acids is 1. The number of nitrogens with one attached hydrogen (secondary N) is 1. The quantitative estimate of drug-likeness (QED) is 0.453. The molecule has 0 spiro atoms. The van der Waals surface area contributed by atoms with Gasteiger partial charge in [0.05, 0.1) is 31.0 Å². The van der Waals surface area contributed by atoms with Crippen LogP contribution in [0.3, 0.4) is 0 Å². The Morgan fingerprint density at radius 1 is 1.11 bits per heavy atom. The van der Waals surface area contributed by atoms with Crippen LogP contribution in [0.4, 0.5) is 5.69 Å². The number of aromatic nitrogens is 2. The summed E-state index contributed by atoms with van der Waals surface area (Å²) in [5.41, 5.74) is 2.55. The first kappa shape index (κ1) is 23.5. The lowest BCUT2D eigenvalue weighted by Gasteiger charge is -2.20. The topological polar surface area (TPSA) is 68.6 Å². The maximum atomic E-state index is 12.5. The van der Waals surface area contributed by atoms with Gasteiger partial charge >= 0.3 is 0 Å². The van der Waals surface area contributed by atoms with Crippen LogP contribution >= 0.6 is 11.6 Å². The predicted octanol–water partition coefficient (Wildman–Crippen LogP) is 5.01. The van der Waals surface area contributed by atoms with Gasteiger partial charge in [0.25, 0.3) is 5.91 Å². The van der Waals surface area contributed by atoms with Crippen molar-refractivity contribution in [3.8, 4) is 11.5 Å². The average molecular weight is 495 g/mol. The first-order valence-electron chi connectivity index (χ1n) is 12.2. The second-order valence-corrected chi connectivity index (χ2v) is 9.82. The van der Waals surface area contributed by atoms with Crippen molar-refractivity contribution in [1.29, 1.82) is 0 Å². The zero-order valence-corrected chi connectivity index (χ0v) is 20.9. The number of halogens is 1. The maximum absolute atomic E-state index is 12.5. The highest BCUT2D eigenvalue weighted by Crippen LogP contribution is 2.30. The van der Waals surface area contributed by atoms with Gasteiger partial charge in [-0.15, -0.1) is 0 Å². The summed E-state index contributed by atoms with van der Waals surface area (Å²) in [6.07, 6.45) is 5.18. The minimum Gasteiger partial charge on any atom is -0.493 e. The monoisotopic (exact) mass is 494 g/mol. The van der Waals surface area contributed by atoms with Crippen LogP contribution in [0.5, 0.6) is 11.5 Å². The zero-order chi connectivity index (χ0) is 24.4. The van der Waals surface area contributed by atoms with Gasteiger partial charge in [0, 0.05) is 25.7 Å². The lowest BCUT2D eigenvalue weighted by molar-refractivity contribution is 0.0940. The van der Waals surface area contributed by atoms with Gasteiger partial charge in [-0.25, -0.2) is 0 Å². The Balaban J connectivity index is 1.11. The summed E-state index contributed by atoms with van der Waals surface area (Å²) in [4.78, 5) is 14.9. The molecule has 1 aliphatic carbocycles. The molecule has 7 nitrogen and oxygen atoms in total. The molecule has 1 saturated heterocycles. The lowest BCUT2D eigenvalue weighted by Crippen LogP contribution is -2.26. The van der Waals surface area contributed by atoms with Crippen LogP contribution in [-0.2, 0) is 7.05 Å². The fourth-order valence-electron chi connectivity index (χ4n) is 4.27. The third-order valence-corrected chi connectivity index (χ3v) is 7.12. The average Bonchev–Trinajstić information content (AvgIpc) is 3.49. The molecule has 0 unspecified atom stereocenters. The molecule has 0 bridgehead atoms. The lowest BCUT2D eigenvalue weighted by atomic mass is 10.1. The van der Waals surface area contributed by atoms with Crippen LogP contribution in [0.25, 0.3) is 0 Å². The van der Waals surface area contributed by atoms with Gasteiger partial charge in [-0.3, -0.25) is 9.48 Å². The Kier molecular flexibility index (Phi) is 6.86. The largest absolute Gasteiger partial charge is 0.493 e. The van der Waals surface area contributed by atoms with Crippen LogP contribution in [0, 0.1) is 5.92 Å². The van der Waals surface area contributed by atoms with Gasteiger partial charge < -0.3 is 19.7 Å². The van der Waals surface area contributed by atoms with Crippen molar-refractivity contribution in [1.82, 2.24) is 15.1 Å². The van der Waals surface area contributed by atoms with E-state index in [4.69, 9.17) is 21.1 Å². The molecule has 1 saturated carbocycles. The molecule has 1 aromatic heterocycles. The van der Waals surface area contributed by atoms with Crippen molar-refractivity contribution in [2.24, 2.45) is 13.0 Å². The van der Waals surface area contributed by atoms with E-state index in [0.29, 0.717) is 10.7 Å². The molecule has 5 rings (SSSR count). The summed E-state index contributed by atoms with van der Waals surface area (Å²) < 4.78 is 13.6. The van der Waals surface area contributed by atoms with Crippen LogP contribution in [0.2, 0.25) is 5.15 Å². The third-order valence-electron chi connectivity index (χ3n) is 6.67. The number of anilines is 1. The second-order valence-electron chi connectivity index (χ2n) is 9.46. The predicted molar refractivity (Wildman–Crippen MR) is 136 cm³/mol. The highest BCUT2D eigenvalue weighted by molar-refractivity contribution is 6.32. The van der Waals surface area contributed by atoms with E-state index in [2.05, 4.69) is 39.6 Å². The fourth-order valence-corrected chi connectivity index (χ4v) is 4.45. The van der Waals surface area contributed by atoms with Crippen molar-refractivity contribution in [3.63, 3.8) is 0 Å². The van der Waals surface area contributed by atoms with E-state index in [0.717, 1.165) is 49.1 Å². The van der Waals surface area contributed by atoms with Gasteiger partial charge in [0.1, 0.15) is 22.8 Å². The van der Waals surface area contributed by atoms with E-state index in [1.54, 1.807) is 7.05 Å². The van der Waals surface area contributed by atoms with Crippen LogP contribution in [0.15, 0.2) is 54.7 Å². The molecule has 1 aliphatic heterocycles. The highest BCUT2D eigenvalue weighted by atomic mass is 35.5. The fraction of sp³-hybridized carbons (Fsp3) is 0.407. The SMILES string of the molecule is C[C@H](NC(=O)c1cnn(C)c1Cl)c1ccc(O[C@@H]2CCN(c3ccc(OCC4CC4)cc3)C2)cc1. The number of amides is 1. The number of hydrogen-bond acceptors (Lipinski definition) is 5. The van der Waals surface area contributed by atoms with E-state index in [1.165, 1.54) is 29.4 Å². The molecule has 1 amide bonds. The molecule has 2 heterocycles. The summed E-state index contributed by atoms with van der Waals surface area (Å²) in [5, 5.41) is 7.31. The van der Waals surface area contributed by atoms with Crippen LogP contribution in [-0.4, -0.2) is 41.5 Å². The first-order valence-corrected chi connectivity index (χ1v) is 12.6. The van der Waals surface area contributed by atoms with Gasteiger partial charge in [-0.2, -0.15) is 5.10 Å². The van der Waals surface area contributed by atoms with Crippen molar-refractivity contribution in [2.45, 2.75) is 38.3 Å². The molecular weight excluding hydrogens is 464 g/mol. The molecule has 2 fully saturated rings. The molecule has 2 aliphatic rings. The Morgan fingerprint density at radius 2 is 1.83 bits per heavy atom. The number of carbonyl (C=O) groups is 1. The van der Waals surface area contributed by atoms with Crippen LogP contribution in [0.1, 0.15) is 48.1 Å². The molecular formula is C27H31ClN4O3. The highest BCUT2D eigenvalue weighted by Gasteiger charge is 2.25. The molecule has 8 heteroatoms. The Labute approximate surface area is 211 Å². The molecule has 35 heavy (non-hydrogen) atoms. The zero-order valence-electron chi connectivity index (χ0n) is 20.1. The van der Waals surface area contributed by atoms with Gasteiger partial charge in [-0.05, 0) is 67.6 Å². The Morgan fingerprint density at radius 3 is 2.49 bits per heavy atom. The smallest absolute Gasteiger partial charge is 0.256 e. The number of rotatable bonds is 9. The van der Waals surface area contributed by atoms with Gasteiger partial charge in [-0.1, -0.05) is 23.7 Å². The van der Waals surface area contributed by atoms with E-state index >= 15 is 0 Å². The Bertz CT molecular complexity index is 1160. The maximum Gasteiger partial charge on any atom is 0.256 e. The summed E-state index contributed by atoms with van der Waals surface area (Å²) in [7, 11) is 1.70. The van der Waals surface area contributed by atoms with Crippen molar-refractivity contribution in [2.75, 3.05) is 24.6 Å². The first-order chi connectivity index (χ1) is 17.0. The van der Waals surface area contributed by atoms with E-state index in [-0.39, 0.29) is 18.1 Å². The molecule has 0 radical (unpaired) electrons. The van der Waals surface area contributed by atoms with Gasteiger partial charge in [0.15, 0.2) is 0 Å². The number of hydrogen-bond donors (Lipinski definition) is 1. The summed E-state index contributed by atoms with van der Waals surface area (Å²) in [5.74, 6) is 2.29. The van der Waals surface area contributed by atoms with E-state index in [1.807, 2.05) is 31.2 Å². The van der Waals surface area contributed by atoms with Gasteiger partial charge in [0.2, 0.25) is 0 Å². The molecule has 2 atom stereocenters. The van der Waals surface area contributed by atoms with Crippen molar-refractivity contribution < 1.29 is 14.3 Å². The Hall–Kier alpha value is -3.19. The van der Waals surface area contributed by atoms with E-state index < -0.39 is 0 Å². The molecule has 1 N–H and O–H groups in total. The van der Waals surface area contributed by atoms with Crippen molar-refractivity contribution >= 4 is 23.2 Å². The van der Waals surface area contributed by atoms with E-state index in [9.17, 15) is 4.79 Å². The number of ether oxygens (including phenoxy) is 2. The molecule has 2 aromatic carbocycles. The second kappa shape index (κ2) is 10.2. The number of aryl methyl sites for hydroxylation is 1. The summed E-state index contributed by atoms with van der Waals surface area (Å²) >= 11 is 6.13. The minimum absolute atomic E-state index is 0.136. The number of nitrogens with zero attached hydrogens (tertiary/aromatic N) is 3. The van der Waals surface area contributed by atoms with Crippen LogP contribution < -0.4 is 19.7 Å². The van der Waals surface area contributed by atoms with Crippen molar-refractivity contribution in [3.05, 3.63) is 71.0 Å². The standard InChI is InChI=1S/C27H31ClN4O3/c1-18(30-27(33)25-15-29-31(2)26(25)28)20-5-9-23(10-6-20)35-24-13-14-32(16-24)21-7-11-22(12-8-21)34-17-19-3-4-19/h5-12,15,18-19,24H,3-4,13-14,16-17H2,1-2H3,(H,30,33)/t18-,24+/m0/s1. The summed E-state index contributed by atoms with van der Waals surface area (Å²) in [6.45, 7) is 4.59. The molecule has 184 valence electrons. The third kappa shape index (κ3) is 5.73. The molecule has 3 aromatic rings. The number of benzene rings is 2. The normalized spacial score (nSPS) is 18.4. The summed E-state index contributed by atoms with van der Waals surface area (Å²) in [6, 6.07) is 16.1. The minimum atomic E-state index is -0.246.